The van der Waals surface area contributed by atoms with Crippen molar-refractivity contribution in [1.82, 2.24) is 5.32 Å². The highest BCUT2D eigenvalue weighted by Crippen LogP contribution is 2.34. The van der Waals surface area contributed by atoms with Gasteiger partial charge in [0.25, 0.3) is 11.6 Å². The second-order valence-corrected chi connectivity index (χ2v) is 6.37. The van der Waals surface area contributed by atoms with Crippen molar-refractivity contribution in [1.29, 1.82) is 0 Å². The molecule has 1 amide bonds. The molecule has 0 aromatic heterocycles. The third-order valence-electron chi connectivity index (χ3n) is 3.68. The van der Waals surface area contributed by atoms with Crippen LogP contribution in [0.2, 0.25) is 0 Å². The van der Waals surface area contributed by atoms with Crippen LogP contribution in [0.5, 0.6) is 11.5 Å². The Labute approximate surface area is 159 Å². The molecule has 3 rings (SSSR count). The van der Waals surface area contributed by atoms with Crippen molar-refractivity contribution in [3.63, 3.8) is 0 Å². The van der Waals surface area contributed by atoms with E-state index in [1.54, 1.807) is 43.5 Å². The van der Waals surface area contributed by atoms with Gasteiger partial charge in [0.05, 0.1) is 24.0 Å². The fourth-order valence-electron chi connectivity index (χ4n) is 2.38. The number of methoxy groups -OCH3 is 2. The van der Waals surface area contributed by atoms with Crippen LogP contribution >= 0.6 is 11.8 Å². The first-order chi connectivity index (χ1) is 13.0. The third-order valence-corrected chi connectivity index (χ3v) is 4.59. The number of ether oxygens (including phenoxy) is 2. The van der Waals surface area contributed by atoms with Gasteiger partial charge in [-0.1, -0.05) is 12.1 Å². The van der Waals surface area contributed by atoms with Crippen molar-refractivity contribution >= 4 is 40.3 Å². The highest BCUT2D eigenvalue weighted by Gasteiger charge is 2.25. The van der Waals surface area contributed by atoms with Gasteiger partial charge < -0.3 is 14.8 Å². The molecule has 1 N–H and O–H groups in total. The second kappa shape index (κ2) is 7.92. The Kier molecular flexibility index (Phi) is 5.41. The first kappa shape index (κ1) is 18.5. The average molecular weight is 385 g/mol. The number of rotatable bonds is 5. The molecule has 0 saturated carbocycles. The minimum Gasteiger partial charge on any atom is -0.497 e. The number of hydrogen-bond acceptors (Lipinski definition) is 7. The monoisotopic (exact) mass is 385 g/mol. The van der Waals surface area contributed by atoms with Crippen LogP contribution in [0.3, 0.4) is 0 Å². The van der Waals surface area contributed by atoms with E-state index < -0.39 is 4.92 Å². The van der Waals surface area contributed by atoms with Crippen LogP contribution < -0.4 is 14.8 Å². The number of amides is 1. The van der Waals surface area contributed by atoms with Crippen LogP contribution in [-0.4, -0.2) is 30.2 Å². The number of thioether (sulfide) groups is 1. The summed E-state index contributed by atoms with van der Waals surface area (Å²) in [6, 6.07) is 11.3. The first-order valence-corrected chi connectivity index (χ1v) is 8.58. The van der Waals surface area contributed by atoms with Crippen LogP contribution in [0.25, 0.3) is 6.08 Å². The van der Waals surface area contributed by atoms with E-state index in [4.69, 9.17) is 9.47 Å². The molecule has 8 nitrogen and oxygen atoms in total. The zero-order valence-corrected chi connectivity index (χ0v) is 15.3. The number of nitro groups is 1. The number of nitrogens with zero attached hydrogens (tertiary/aromatic N) is 2. The maximum absolute atomic E-state index is 12.2. The van der Waals surface area contributed by atoms with E-state index in [2.05, 4.69) is 10.3 Å². The van der Waals surface area contributed by atoms with Gasteiger partial charge in [-0.05, 0) is 36.0 Å². The number of nitro benzene ring substituents is 1. The average Bonchev–Trinajstić information content (AvgIpc) is 3.01. The standard InChI is InChI=1S/C18H15N3O5S/c1-25-12-8-7-11(15(10-12)26-2)9-16-17(22)20-18(27-16)19-13-5-3-4-6-14(13)21(23)24/h3-10H,1-2H3,(H,19,20,22)/b16-9-. The maximum Gasteiger partial charge on any atom is 0.294 e. The van der Waals surface area contributed by atoms with Gasteiger partial charge in [-0.3, -0.25) is 14.9 Å². The van der Waals surface area contributed by atoms with Gasteiger partial charge in [-0.15, -0.1) is 0 Å². The molecule has 1 saturated heterocycles. The van der Waals surface area contributed by atoms with E-state index in [-0.39, 0.29) is 22.4 Å². The minimum absolute atomic E-state index is 0.130. The summed E-state index contributed by atoms with van der Waals surface area (Å²) in [5.41, 5.74) is 0.741. The predicted octanol–water partition coefficient (Wildman–Crippen LogP) is 3.50. The van der Waals surface area contributed by atoms with Gasteiger partial charge in [0.1, 0.15) is 17.2 Å². The minimum atomic E-state index is -0.514. The molecule has 0 atom stereocenters. The molecule has 1 aliphatic heterocycles. The van der Waals surface area contributed by atoms with Crippen molar-refractivity contribution in [2.24, 2.45) is 4.99 Å². The van der Waals surface area contributed by atoms with Crippen molar-refractivity contribution in [3.8, 4) is 11.5 Å². The molecule has 9 heteroatoms. The van der Waals surface area contributed by atoms with E-state index in [1.807, 2.05) is 0 Å². The van der Waals surface area contributed by atoms with E-state index in [0.717, 1.165) is 11.8 Å². The van der Waals surface area contributed by atoms with E-state index in [0.29, 0.717) is 22.0 Å². The number of carbonyl (C=O) groups is 1. The Hall–Kier alpha value is -3.33. The second-order valence-electron chi connectivity index (χ2n) is 5.34. The third kappa shape index (κ3) is 4.09. The number of aliphatic imine (C=N–C) groups is 1. The molecule has 0 radical (unpaired) electrons. The molecule has 0 unspecified atom stereocenters. The van der Waals surface area contributed by atoms with Gasteiger partial charge in [-0.2, -0.15) is 0 Å². The van der Waals surface area contributed by atoms with Gasteiger partial charge in [-0.25, -0.2) is 4.99 Å². The summed E-state index contributed by atoms with van der Waals surface area (Å²) >= 11 is 1.10. The van der Waals surface area contributed by atoms with Gasteiger partial charge in [0.15, 0.2) is 5.17 Å². The molecule has 2 aromatic carbocycles. The summed E-state index contributed by atoms with van der Waals surface area (Å²) in [5, 5.41) is 14.0. The normalized spacial score (nSPS) is 16.4. The maximum atomic E-state index is 12.2. The Morgan fingerprint density at radius 3 is 2.67 bits per heavy atom. The lowest BCUT2D eigenvalue weighted by Crippen LogP contribution is -2.19. The van der Waals surface area contributed by atoms with Crippen molar-refractivity contribution in [2.45, 2.75) is 0 Å². The van der Waals surface area contributed by atoms with Crippen LogP contribution in [-0.2, 0) is 4.79 Å². The fraction of sp³-hybridized carbons (Fsp3) is 0.111. The lowest BCUT2D eigenvalue weighted by molar-refractivity contribution is -0.384. The summed E-state index contributed by atoms with van der Waals surface area (Å²) in [7, 11) is 3.08. The van der Waals surface area contributed by atoms with Crippen LogP contribution in [0, 0.1) is 10.1 Å². The lowest BCUT2D eigenvalue weighted by atomic mass is 10.1. The molecule has 1 heterocycles. The van der Waals surface area contributed by atoms with E-state index >= 15 is 0 Å². The molecule has 27 heavy (non-hydrogen) atoms. The molecular weight excluding hydrogens is 370 g/mol. The lowest BCUT2D eigenvalue weighted by Gasteiger charge is -2.07. The largest absolute Gasteiger partial charge is 0.497 e. The SMILES string of the molecule is COc1ccc(/C=C2\SC(=Nc3ccccc3[N+](=O)[O-])NC2=O)c(OC)c1. The number of hydrogen-bond donors (Lipinski definition) is 1. The zero-order chi connectivity index (χ0) is 19.4. The van der Waals surface area contributed by atoms with Crippen LogP contribution in [0.4, 0.5) is 11.4 Å². The van der Waals surface area contributed by atoms with Gasteiger partial charge >= 0.3 is 0 Å². The predicted molar refractivity (Wildman–Crippen MR) is 103 cm³/mol. The topological polar surface area (TPSA) is 103 Å². The molecule has 0 aliphatic carbocycles. The Morgan fingerprint density at radius 1 is 1.19 bits per heavy atom. The van der Waals surface area contributed by atoms with Gasteiger partial charge in [0.2, 0.25) is 0 Å². The number of nitrogens with one attached hydrogen (secondary N) is 1. The summed E-state index contributed by atoms with van der Waals surface area (Å²) in [6.45, 7) is 0. The number of carbonyl (C=O) groups excluding carboxylic acids is 1. The fourth-order valence-corrected chi connectivity index (χ4v) is 3.21. The summed E-state index contributed by atoms with van der Waals surface area (Å²) in [4.78, 5) is 27.4. The van der Waals surface area contributed by atoms with Crippen LogP contribution in [0.1, 0.15) is 5.56 Å². The molecular formula is C18H15N3O5S. The van der Waals surface area contributed by atoms with E-state index in [9.17, 15) is 14.9 Å². The Bertz CT molecular complexity index is 971. The smallest absolute Gasteiger partial charge is 0.294 e. The zero-order valence-electron chi connectivity index (χ0n) is 14.5. The van der Waals surface area contributed by atoms with Crippen molar-refractivity contribution in [3.05, 3.63) is 63.0 Å². The molecule has 138 valence electrons. The highest BCUT2D eigenvalue weighted by atomic mass is 32.2. The summed E-state index contributed by atoms with van der Waals surface area (Å²) in [5.74, 6) is 0.853. The Morgan fingerprint density at radius 2 is 1.96 bits per heavy atom. The molecule has 0 bridgehead atoms. The first-order valence-electron chi connectivity index (χ1n) is 7.77. The van der Waals surface area contributed by atoms with E-state index in [1.165, 1.54) is 19.2 Å². The van der Waals surface area contributed by atoms with Crippen molar-refractivity contribution < 1.29 is 19.2 Å². The number of benzene rings is 2. The highest BCUT2D eigenvalue weighted by molar-refractivity contribution is 8.18. The van der Waals surface area contributed by atoms with Crippen LogP contribution in [0.15, 0.2) is 52.4 Å². The molecule has 0 spiro atoms. The Balaban J connectivity index is 1.90. The molecule has 1 aliphatic rings. The van der Waals surface area contributed by atoms with Crippen molar-refractivity contribution in [2.75, 3.05) is 14.2 Å². The van der Waals surface area contributed by atoms with Gasteiger partial charge in [0, 0.05) is 17.7 Å². The number of para-hydroxylation sites is 2. The number of amidine groups is 1. The summed E-state index contributed by atoms with van der Waals surface area (Å²) < 4.78 is 10.5. The molecule has 2 aromatic rings. The molecule has 1 fully saturated rings. The quantitative estimate of drug-likeness (QED) is 0.480. The summed E-state index contributed by atoms with van der Waals surface area (Å²) in [6.07, 6.45) is 1.67.